The van der Waals surface area contributed by atoms with Crippen molar-refractivity contribution < 1.29 is 0 Å². The standard InChI is InChI=1S/C17H30N2/c1-7-10-18-17(12-19(6)13(2)3)16-9-8-14(4)11-15(16)5/h8-9,11,13,17-18H,7,10,12H2,1-6H3. The summed E-state index contributed by atoms with van der Waals surface area (Å²) in [5.41, 5.74) is 4.17. The van der Waals surface area contributed by atoms with E-state index in [1.807, 2.05) is 0 Å². The van der Waals surface area contributed by atoms with Crippen LogP contribution in [0, 0.1) is 13.8 Å². The molecule has 0 heterocycles. The molecule has 1 unspecified atom stereocenters. The molecule has 2 nitrogen and oxygen atoms in total. The summed E-state index contributed by atoms with van der Waals surface area (Å²) >= 11 is 0. The Morgan fingerprint density at radius 3 is 2.42 bits per heavy atom. The second kappa shape index (κ2) is 7.66. The van der Waals surface area contributed by atoms with Crippen molar-refractivity contribution in [3.8, 4) is 0 Å². The third-order valence-electron chi connectivity index (χ3n) is 3.79. The van der Waals surface area contributed by atoms with E-state index in [2.05, 4.69) is 70.1 Å². The van der Waals surface area contributed by atoms with Crippen molar-refractivity contribution in [3.05, 3.63) is 34.9 Å². The number of likely N-dealkylation sites (N-methyl/N-ethyl adjacent to an activating group) is 1. The third kappa shape index (κ3) is 4.96. The van der Waals surface area contributed by atoms with Gasteiger partial charge in [-0.25, -0.2) is 0 Å². The predicted molar refractivity (Wildman–Crippen MR) is 84.7 cm³/mol. The fourth-order valence-corrected chi connectivity index (χ4v) is 2.31. The molecule has 0 fully saturated rings. The molecule has 0 aliphatic rings. The number of rotatable bonds is 7. The summed E-state index contributed by atoms with van der Waals surface area (Å²) in [6.07, 6.45) is 1.17. The van der Waals surface area contributed by atoms with E-state index in [4.69, 9.17) is 0 Å². The Kier molecular flexibility index (Phi) is 6.53. The van der Waals surface area contributed by atoms with Crippen LogP contribution < -0.4 is 5.32 Å². The van der Waals surface area contributed by atoms with Gasteiger partial charge in [0.2, 0.25) is 0 Å². The molecule has 19 heavy (non-hydrogen) atoms. The van der Waals surface area contributed by atoms with Crippen molar-refractivity contribution >= 4 is 0 Å². The topological polar surface area (TPSA) is 15.3 Å². The highest BCUT2D eigenvalue weighted by Crippen LogP contribution is 2.20. The maximum absolute atomic E-state index is 3.69. The van der Waals surface area contributed by atoms with Gasteiger partial charge >= 0.3 is 0 Å². The molecule has 108 valence electrons. The molecule has 0 saturated carbocycles. The number of hydrogen-bond donors (Lipinski definition) is 1. The number of nitrogens with one attached hydrogen (secondary N) is 1. The monoisotopic (exact) mass is 262 g/mol. The Balaban J connectivity index is 2.88. The summed E-state index contributed by atoms with van der Waals surface area (Å²) in [7, 11) is 2.20. The lowest BCUT2D eigenvalue weighted by atomic mass is 9.98. The van der Waals surface area contributed by atoms with E-state index in [9.17, 15) is 0 Å². The van der Waals surface area contributed by atoms with Crippen LogP contribution in [-0.2, 0) is 0 Å². The lowest BCUT2D eigenvalue weighted by molar-refractivity contribution is 0.242. The Labute approximate surface area is 119 Å². The highest BCUT2D eigenvalue weighted by molar-refractivity contribution is 5.33. The molecule has 0 saturated heterocycles. The normalized spacial score (nSPS) is 13.3. The Bertz CT molecular complexity index is 385. The Hall–Kier alpha value is -0.860. The second-order valence-electron chi connectivity index (χ2n) is 5.90. The van der Waals surface area contributed by atoms with Gasteiger partial charge in [-0.2, -0.15) is 0 Å². The van der Waals surface area contributed by atoms with Crippen molar-refractivity contribution in [1.82, 2.24) is 10.2 Å². The summed E-state index contributed by atoms with van der Waals surface area (Å²) in [4.78, 5) is 2.41. The summed E-state index contributed by atoms with van der Waals surface area (Å²) in [6.45, 7) is 13.2. The minimum absolute atomic E-state index is 0.424. The molecule has 0 bridgehead atoms. The first kappa shape index (κ1) is 16.2. The minimum atomic E-state index is 0.424. The molecular weight excluding hydrogens is 232 g/mol. The molecule has 0 amide bonds. The second-order valence-corrected chi connectivity index (χ2v) is 5.90. The Morgan fingerprint density at radius 2 is 1.89 bits per heavy atom. The van der Waals surface area contributed by atoms with Gasteiger partial charge in [0.1, 0.15) is 0 Å². The van der Waals surface area contributed by atoms with Gasteiger partial charge in [0.15, 0.2) is 0 Å². The van der Waals surface area contributed by atoms with Gasteiger partial charge in [-0.1, -0.05) is 30.7 Å². The van der Waals surface area contributed by atoms with Gasteiger partial charge in [0.25, 0.3) is 0 Å². The summed E-state index contributed by atoms with van der Waals surface area (Å²) < 4.78 is 0. The zero-order valence-corrected chi connectivity index (χ0v) is 13.5. The van der Waals surface area contributed by atoms with Crippen LogP contribution in [0.15, 0.2) is 18.2 Å². The maximum atomic E-state index is 3.69. The fourth-order valence-electron chi connectivity index (χ4n) is 2.31. The van der Waals surface area contributed by atoms with Crippen LogP contribution in [0.4, 0.5) is 0 Å². The van der Waals surface area contributed by atoms with Gasteiger partial charge in [0.05, 0.1) is 0 Å². The van der Waals surface area contributed by atoms with Crippen molar-refractivity contribution in [2.45, 2.75) is 53.1 Å². The molecule has 0 aliphatic carbocycles. The maximum Gasteiger partial charge on any atom is 0.0451 e. The Morgan fingerprint density at radius 1 is 1.21 bits per heavy atom. The molecule has 1 rings (SSSR count). The van der Waals surface area contributed by atoms with E-state index in [1.54, 1.807) is 0 Å². The zero-order chi connectivity index (χ0) is 14.4. The molecule has 0 radical (unpaired) electrons. The highest BCUT2D eigenvalue weighted by atomic mass is 15.1. The number of hydrogen-bond acceptors (Lipinski definition) is 2. The average Bonchev–Trinajstić information content (AvgIpc) is 2.34. The minimum Gasteiger partial charge on any atom is -0.309 e. The van der Waals surface area contributed by atoms with Gasteiger partial charge in [0, 0.05) is 18.6 Å². The third-order valence-corrected chi connectivity index (χ3v) is 3.79. The van der Waals surface area contributed by atoms with Gasteiger partial charge in [-0.15, -0.1) is 0 Å². The largest absolute Gasteiger partial charge is 0.309 e. The quantitative estimate of drug-likeness (QED) is 0.806. The number of aryl methyl sites for hydroxylation is 2. The first-order valence-corrected chi connectivity index (χ1v) is 7.46. The fraction of sp³-hybridized carbons (Fsp3) is 0.647. The average molecular weight is 262 g/mol. The van der Waals surface area contributed by atoms with Crippen LogP contribution >= 0.6 is 0 Å². The van der Waals surface area contributed by atoms with Crippen LogP contribution in [0.2, 0.25) is 0 Å². The van der Waals surface area contributed by atoms with E-state index in [1.165, 1.54) is 23.1 Å². The van der Waals surface area contributed by atoms with Gasteiger partial charge in [-0.3, -0.25) is 0 Å². The molecule has 1 N–H and O–H groups in total. The van der Waals surface area contributed by atoms with Crippen molar-refractivity contribution in [2.24, 2.45) is 0 Å². The molecule has 2 heteroatoms. The molecule has 0 aromatic heterocycles. The lowest BCUT2D eigenvalue weighted by Crippen LogP contribution is -2.37. The van der Waals surface area contributed by atoms with E-state index >= 15 is 0 Å². The smallest absolute Gasteiger partial charge is 0.0451 e. The summed E-state index contributed by atoms with van der Waals surface area (Å²) in [5, 5.41) is 3.69. The lowest BCUT2D eigenvalue weighted by Gasteiger charge is -2.29. The molecule has 1 aromatic carbocycles. The van der Waals surface area contributed by atoms with Crippen LogP contribution in [0.3, 0.4) is 0 Å². The first-order valence-electron chi connectivity index (χ1n) is 7.46. The first-order chi connectivity index (χ1) is 8.95. The SMILES string of the molecule is CCCNC(CN(C)C(C)C)c1ccc(C)cc1C. The summed E-state index contributed by atoms with van der Waals surface area (Å²) in [6, 6.07) is 7.79. The van der Waals surface area contributed by atoms with Crippen LogP contribution in [-0.4, -0.2) is 31.1 Å². The highest BCUT2D eigenvalue weighted by Gasteiger charge is 2.16. The van der Waals surface area contributed by atoms with Crippen molar-refractivity contribution in [1.29, 1.82) is 0 Å². The van der Waals surface area contributed by atoms with Gasteiger partial charge < -0.3 is 10.2 Å². The number of nitrogens with zero attached hydrogens (tertiary/aromatic N) is 1. The zero-order valence-electron chi connectivity index (χ0n) is 13.5. The van der Waals surface area contributed by atoms with Crippen LogP contribution in [0.1, 0.15) is 49.9 Å². The summed E-state index contributed by atoms with van der Waals surface area (Å²) in [5.74, 6) is 0. The van der Waals surface area contributed by atoms with Crippen LogP contribution in [0.5, 0.6) is 0 Å². The molecule has 1 aromatic rings. The van der Waals surface area contributed by atoms with E-state index in [-0.39, 0.29) is 0 Å². The molecule has 0 aliphatic heterocycles. The predicted octanol–water partition coefficient (Wildman–Crippen LogP) is 3.68. The van der Waals surface area contributed by atoms with E-state index < -0.39 is 0 Å². The van der Waals surface area contributed by atoms with Crippen molar-refractivity contribution in [3.63, 3.8) is 0 Å². The van der Waals surface area contributed by atoms with Crippen molar-refractivity contribution in [2.75, 3.05) is 20.1 Å². The van der Waals surface area contributed by atoms with Crippen LogP contribution in [0.25, 0.3) is 0 Å². The van der Waals surface area contributed by atoms with E-state index in [0.29, 0.717) is 12.1 Å². The van der Waals surface area contributed by atoms with Gasteiger partial charge in [-0.05, 0) is 58.8 Å². The van der Waals surface area contributed by atoms with E-state index in [0.717, 1.165) is 13.1 Å². The molecule has 1 atom stereocenters. The molecular formula is C17H30N2. The molecule has 0 spiro atoms. The number of benzene rings is 1.